The van der Waals surface area contributed by atoms with Crippen molar-refractivity contribution in [2.24, 2.45) is 0 Å². The molecule has 0 radical (unpaired) electrons. The summed E-state index contributed by atoms with van der Waals surface area (Å²) in [6, 6.07) is 0.655. The van der Waals surface area contributed by atoms with Crippen LogP contribution in [0.5, 0.6) is 0 Å². The average molecular weight is 281 g/mol. The topological polar surface area (TPSA) is 28.2 Å². The van der Waals surface area contributed by atoms with Crippen molar-refractivity contribution >= 4 is 11.3 Å². The van der Waals surface area contributed by atoms with Crippen LogP contribution in [-0.2, 0) is 6.54 Å². The van der Waals surface area contributed by atoms with Crippen molar-refractivity contribution in [3.05, 3.63) is 15.6 Å². The maximum absolute atomic E-state index is 4.70. The third kappa shape index (κ3) is 3.77. The van der Waals surface area contributed by atoms with E-state index >= 15 is 0 Å². The Morgan fingerprint density at radius 1 is 1.42 bits per heavy atom. The number of nitrogens with one attached hydrogen (secondary N) is 1. The maximum Gasteiger partial charge on any atom is 0.107 e. The molecule has 1 fully saturated rings. The molecule has 1 saturated heterocycles. The Morgan fingerprint density at radius 3 is 2.74 bits per heavy atom. The molecular weight excluding hydrogens is 254 g/mol. The van der Waals surface area contributed by atoms with Crippen molar-refractivity contribution in [2.45, 2.75) is 65.6 Å². The van der Waals surface area contributed by atoms with Gasteiger partial charge in [0.05, 0.1) is 12.2 Å². The van der Waals surface area contributed by atoms with Crippen LogP contribution in [0, 0.1) is 13.8 Å². The van der Waals surface area contributed by atoms with E-state index in [4.69, 9.17) is 4.98 Å². The summed E-state index contributed by atoms with van der Waals surface area (Å²) >= 11 is 1.86. The number of hydrogen-bond acceptors (Lipinski definition) is 4. The van der Waals surface area contributed by atoms with Crippen molar-refractivity contribution in [2.75, 3.05) is 13.1 Å². The van der Waals surface area contributed by atoms with Crippen LogP contribution < -0.4 is 5.32 Å². The molecule has 19 heavy (non-hydrogen) atoms. The molecule has 1 N–H and O–H groups in total. The second-order valence-corrected chi connectivity index (χ2v) is 7.65. The van der Waals surface area contributed by atoms with Gasteiger partial charge in [-0.05, 0) is 34.1 Å². The molecule has 0 aromatic carbocycles. The molecule has 1 aliphatic heterocycles. The molecule has 3 nitrogen and oxygen atoms in total. The van der Waals surface area contributed by atoms with Gasteiger partial charge in [0, 0.05) is 29.5 Å². The highest BCUT2D eigenvalue weighted by Gasteiger charge is 2.32. The fourth-order valence-corrected chi connectivity index (χ4v) is 3.76. The SMILES string of the molecule is CCCC1CNC(C)(C)CN1Cc1nc(C)c(C)s1. The number of piperazine rings is 1. The third-order valence-electron chi connectivity index (χ3n) is 3.96. The first-order chi connectivity index (χ1) is 8.91. The van der Waals surface area contributed by atoms with Crippen LogP contribution in [0.25, 0.3) is 0 Å². The van der Waals surface area contributed by atoms with Crippen molar-refractivity contribution < 1.29 is 0 Å². The number of thiazole rings is 1. The standard InChI is InChI=1S/C15H27N3S/c1-6-7-13-8-16-15(4,5)10-18(13)9-14-17-11(2)12(3)19-14/h13,16H,6-10H2,1-5H3. The Hall–Kier alpha value is -0.450. The van der Waals surface area contributed by atoms with E-state index < -0.39 is 0 Å². The summed E-state index contributed by atoms with van der Waals surface area (Å²) in [7, 11) is 0. The largest absolute Gasteiger partial charge is 0.309 e. The van der Waals surface area contributed by atoms with Crippen LogP contribution >= 0.6 is 11.3 Å². The van der Waals surface area contributed by atoms with E-state index in [1.165, 1.54) is 28.4 Å². The molecule has 1 aliphatic rings. The van der Waals surface area contributed by atoms with Crippen LogP contribution in [-0.4, -0.2) is 34.6 Å². The normalized spacial score (nSPS) is 23.7. The van der Waals surface area contributed by atoms with Gasteiger partial charge in [-0.3, -0.25) is 4.90 Å². The first-order valence-electron chi connectivity index (χ1n) is 7.33. The second-order valence-electron chi connectivity index (χ2n) is 6.36. The lowest BCUT2D eigenvalue weighted by Crippen LogP contribution is -2.61. The fourth-order valence-electron chi connectivity index (χ4n) is 2.80. The van der Waals surface area contributed by atoms with Gasteiger partial charge >= 0.3 is 0 Å². The molecular formula is C15H27N3S. The van der Waals surface area contributed by atoms with E-state index in [2.05, 4.69) is 44.8 Å². The second kappa shape index (κ2) is 5.90. The van der Waals surface area contributed by atoms with E-state index in [0.29, 0.717) is 6.04 Å². The molecule has 1 unspecified atom stereocenters. The summed E-state index contributed by atoms with van der Waals surface area (Å²) in [5.74, 6) is 0. The summed E-state index contributed by atoms with van der Waals surface area (Å²) in [4.78, 5) is 8.68. The van der Waals surface area contributed by atoms with Gasteiger partial charge in [0.2, 0.25) is 0 Å². The Labute approximate surface area is 121 Å². The number of nitrogens with zero attached hydrogens (tertiary/aromatic N) is 2. The molecule has 2 rings (SSSR count). The Bertz CT molecular complexity index is 406. The average Bonchev–Trinajstić information content (AvgIpc) is 2.61. The lowest BCUT2D eigenvalue weighted by atomic mass is 9.97. The predicted octanol–water partition coefficient (Wildman–Crippen LogP) is 3.11. The van der Waals surface area contributed by atoms with Crippen LogP contribution in [0.3, 0.4) is 0 Å². The van der Waals surface area contributed by atoms with Crippen molar-refractivity contribution in [1.29, 1.82) is 0 Å². The zero-order chi connectivity index (χ0) is 14.0. The molecule has 0 spiro atoms. The fraction of sp³-hybridized carbons (Fsp3) is 0.800. The molecule has 108 valence electrons. The minimum atomic E-state index is 0.214. The van der Waals surface area contributed by atoms with Gasteiger partial charge < -0.3 is 5.32 Å². The highest BCUT2D eigenvalue weighted by molar-refractivity contribution is 7.11. The smallest absolute Gasteiger partial charge is 0.107 e. The number of aromatic nitrogens is 1. The molecule has 0 bridgehead atoms. The van der Waals surface area contributed by atoms with Gasteiger partial charge in [-0.2, -0.15) is 0 Å². The summed E-state index contributed by atoms with van der Waals surface area (Å²) in [6.45, 7) is 14.4. The van der Waals surface area contributed by atoms with Crippen LogP contribution in [0.2, 0.25) is 0 Å². The lowest BCUT2D eigenvalue weighted by Gasteiger charge is -2.44. The highest BCUT2D eigenvalue weighted by Crippen LogP contribution is 2.24. The first-order valence-corrected chi connectivity index (χ1v) is 8.15. The van der Waals surface area contributed by atoms with Crippen LogP contribution in [0.4, 0.5) is 0 Å². The molecule has 1 aromatic heterocycles. The molecule has 0 amide bonds. The van der Waals surface area contributed by atoms with Crippen LogP contribution in [0.1, 0.15) is 49.2 Å². The summed E-state index contributed by atoms with van der Waals surface area (Å²) in [6.07, 6.45) is 2.52. The zero-order valence-electron chi connectivity index (χ0n) is 12.9. The van der Waals surface area contributed by atoms with Crippen molar-refractivity contribution in [3.8, 4) is 0 Å². The number of hydrogen-bond donors (Lipinski definition) is 1. The summed E-state index contributed by atoms with van der Waals surface area (Å²) < 4.78 is 0. The number of rotatable bonds is 4. The molecule has 0 saturated carbocycles. The lowest BCUT2D eigenvalue weighted by molar-refractivity contribution is 0.0826. The minimum Gasteiger partial charge on any atom is -0.309 e. The summed E-state index contributed by atoms with van der Waals surface area (Å²) in [5, 5.41) is 4.94. The Morgan fingerprint density at radius 2 is 2.16 bits per heavy atom. The van der Waals surface area contributed by atoms with Gasteiger partial charge in [0.15, 0.2) is 0 Å². The van der Waals surface area contributed by atoms with E-state index in [1.807, 2.05) is 11.3 Å². The van der Waals surface area contributed by atoms with Gasteiger partial charge in [-0.1, -0.05) is 13.3 Å². The molecule has 2 heterocycles. The van der Waals surface area contributed by atoms with Gasteiger partial charge in [0.1, 0.15) is 5.01 Å². The highest BCUT2D eigenvalue weighted by atomic mass is 32.1. The van der Waals surface area contributed by atoms with E-state index in [9.17, 15) is 0 Å². The quantitative estimate of drug-likeness (QED) is 0.919. The minimum absolute atomic E-state index is 0.214. The molecule has 0 aliphatic carbocycles. The Kier molecular flexibility index (Phi) is 4.64. The van der Waals surface area contributed by atoms with Gasteiger partial charge in [-0.25, -0.2) is 4.98 Å². The van der Waals surface area contributed by atoms with Crippen molar-refractivity contribution in [3.63, 3.8) is 0 Å². The monoisotopic (exact) mass is 281 g/mol. The van der Waals surface area contributed by atoms with Crippen molar-refractivity contribution in [1.82, 2.24) is 15.2 Å². The molecule has 1 atom stereocenters. The first kappa shape index (κ1) is 14.9. The zero-order valence-corrected chi connectivity index (χ0v) is 13.7. The Balaban J connectivity index is 2.08. The van der Waals surface area contributed by atoms with Gasteiger partial charge in [0.25, 0.3) is 0 Å². The van der Waals surface area contributed by atoms with E-state index in [-0.39, 0.29) is 5.54 Å². The van der Waals surface area contributed by atoms with Gasteiger partial charge in [-0.15, -0.1) is 11.3 Å². The van der Waals surface area contributed by atoms with Crippen LogP contribution in [0.15, 0.2) is 0 Å². The summed E-state index contributed by atoms with van der Waals surface area (Å²) in [5.41, 5.74) is 1.41. The van der Waals surface area contributed by atoms with E-state index in [1.54, 1.807) is 0 Å². The predicted molar refractivity (Wildman–Crippen MR) is 82.8 cm³/mol. The third-order valence-corrected chi connectivity index (χ3v) is 5.02. The molecule has 1 aromatic rings. The van der Waals surface area contributed by atoms with E-state index in [0.717, 1.165) is 19.6 Å². The maximum atomic E-state index is 4.70. The molecule has 4 heteroatoms. The number of aryl methyl sites for hydroxylation is 2.